The van der Waals surface area contributed by atoms with Gasteiger partial charge in [-0.05, 0) is 65.9 Å². The number of nitrogens with zero attached hydrogens (tertiary/aromatic N) is 4. The molecule has 0 fully saturated rings. The summed E-state index contributed by atoms with van der Waals surface area (Å²) in [5, 5.41) is 1.02. The van der Waals surface area contributed by atoms with Crippen LogP contribution in [0.2, 0.25) is 0 Å². The molecule has 2 N–H and O–H groups in total. The molecule has 3 heterocycles. The third kappa shape index (κ3) is 3.16. The molecule has 0 saturated carbocycles. The Labute approximate surface area is 174 Å². The van der Waals surface area contributed by atoms with E-state index >= 15 is 0 Å². The number of carbonyl (C=O) groups excluding carboxylic acids is 1. The lowest BCUT2D eigenvalue weighted by molar-refractivity contribution is 0.1000. The predicted octanol–water partition coefficient (Wildman–Crippen LogP) is 3.66. The lowest BCUT2D eigenvalue weighted by Crippen LogP contribution is -2.31. The Bertz CT molecular complexity index is 1270. The molecule has 5 rings (SSSR count). The Kier molecular flexibility index (Phi) is 4.39. The molecule has 2 aromatic heterocycles. The first-order valence-corrected chi connectivity index (χ1v) is 9.92. The van der Waals surface area contributed by atoms with Crippen LogP contribution < -0.4 is 10.6 Å². The van der Waals surface area contributed by atoms with Gasteiger partial charge in [0.2, 0.25) is 5.91 Å². The molecule has 1 aliphatic heterocycles. The minimum atomic E-state index is -0.404. The van der Waals surface area contributed by atoms with E-state index in [2.05, 4.69) is 45.0 Å². The fourth-order valence-corrected chi connectivity index (χ4v) is 4.18. The van der Waals surface area contributed by atoms with E-state index in [1.54, 1.807) is 18.6 Å². The highest BCUT2D eigenvalue weighted by Gasteiger charge is 2.21. The summed E-state index contributed by atoms with van der Waals surface area (Å²) < 4.78 is 0. The van der Waals surface area contributed by atoms with Gasteiger partial charge in [0.15, 0.2) is 0 Å². The van der Waals surface area contributed by atoms with Crippen LogP contribution in [0.3, 0.4) is 0 Å². The van der Waals surface area contributed by atoms with Gasteiger partial charge in [-0.3, -0.25) is 9.78 Å². The first kappa shape index (κ1) is 18.2. The zero-order valence-electron chi connectivity index (χ0n) is 16.7. The molecule has 0 bridgehead atoms. The minimum absolute atomic E-state index is 0.404. The van der Waals surface area contributed by atoms with E-state index in [1.165, 1.54) is 5.56 Å². The first-order chi connectivity index (χ1) is 14.6. The molecule has 1 aliphatic rings. The summed E-state index contributed by atoms with van der Waals surface area (Å²) in [6, 6.07) is 14.0. The Morgan fingerprint density at radius 3 is 2.77 bits per heavy atom. The van der Waals surface area contributed by atoms with Gasteiger partial charge in [-0.15, -0.1) is 0 Å². The number of aromatic nitrogens is 3. The van der Waals surface area contributed by atoms with Gasteiger partial charge in [0.1, 0.15) is 12.1 Å². The van der Waals surface area contributed by atoms with E-state index in [-0.39, 0.29) is 0 Å². The van der Waals surface area contributed by atoms with E-state index in [0.717, 1.165) is 51.9 Å². The van der Waals surface area contributed by atoms with Gasteiger partial charge in [0, 0.05) is 42.0 Å². The highest BCUT2D eigenvalue weighted by molar-refractivity contribution is 5.95. The first-order valence-electron chi connectivity index (χ1n) is 9.92. The molecule has 0 aliphatic carbocycles. The van der Waals surface area contributed by atoms with Gasteiger partial charge in [0.05, 0.1) is 5.52 Å². The van der Waals surface area contributed by atoms with E-state index in [0.29, 0.717) is 12.1 Å². The van der Waals surface area contributed by atoms with Crippen LogP contribution in [-0.2, 0) is 13.0 Å². The zero-order chi connectivity index (χ0) is 20.7. The molecule has 6 heteroatoms. The second-order valence-electron chi connectivity index (χ2n) is 7.65. The second kappa shape index (κ2) is 7.22. The number of primary amides is 1. The van der Waals surface area contributed by atoms with Crippen molar-refractivity contribution in [1.82, 2.24) is 15.0 Å². The molecule has 2 aromatic carbocycles. The van der Waals surface area contributed by atoms with Crippen LogP contribution in [0.5, 0.6) is 0 Å². The van der Waals surface area contributed by atoms with E-state index < -0.39 is 5.91 Å². The average molecular weight is 395 g/mol. The van der Waals surface area contributed by atoms with E-state index in [4.69, 9.17) is 5.73 Å². The third-order valence-corrected chi connectivity index (χ3v) is 5.71. The number of amides is 1. The molecule has 4 aromatic rings. The molecule has 30 heavy (non-hydrogen) atoms. The van der Waals surface area contributed by atoms with E-state index in [1.807, 2.05) is 24.4 Å². The van der Waals surface area contributed by atoms with Crippen molar-refractivity contribution in [2.45, 2.75) is 19.9 Å². The van der Waals surface area contributed by atoms with Crippen LogP contribution in [-0.4, -0.2) is 27.4 Å². The minimum Gasteiger partial charge on any atom is -0.366 e. The maximum absolute atomic E-state index is 11.6. The number of fused-ring (bicyclic) bond motifs is 2. The van der Waals surface area contributed by atoms with Crippen molar-refractivity contribution in [2.24, 2.45) is 5.73 Å². The number of hydrogen-bond acceptors (Lipinski definition) is 5. The fourth-order valence-electron chi connectivity index (χ4n) is 4.18. The maximum Gasteiger partial charge on any atom is 0.248 e. The van der Waals surface area contributed by atoms with Crippen molar-refractivity contribution in [1.29, 1.82) is 0 Å². The molecule has 6 nitrogen and oxygen atoms in total. The van der Waals surface area contributed by atoms with Crippen molar-refractivity contribution in [3.8, 4) is 11.1 Å². The number of nitrogens with two attached hydrogens (primary N) is 1. The molecule has 0 unspecified atom stereocenters. The van der Waals surface area contributed by atoms with Gasteiger partial charge in [-0.25, -0.2) is 9.97 Å². The number of rotatable bonds is 3. The Morgan fingerprint density at radius 1 is 1.07 bits per heavy atom. The summed E-state index contributed by atoms with van der Waals surface area (Å²) in [4.78, 5) is 27.3. The van der Waals surface area contributed by atoms with Crippen LogP contribution >= 0.6 is 0 Å². The zero-order valence-corrected chi connectivity index (χ0v) is 16.7. The molecular formula is C24H21N5O. The predicted molar refractivity (Wildman–Crippen MR) is 117 cm³/mol. The Balaban J connectivity index is 1.60. The average Bonchev–Trinajstić information content (AvgIpc) is 2.78. The molecule has 0 spiro atoms. The summed E-state index contributed by atoms with van der Waals surface area (Å²) in [7, 11) is 0. The highest BCUT2D eigenvalue weighted by Crippen LogP contribution is 2.33. The van der Waals surface area contributed by atoms with Crippen molar-refractivity contribution >= 4 is 22.6 Å². The number of anilines is 1. The van der Waals surface area contributed by atoms with Crippen molar-refractivity contribution in [3.63, 3.8) is 0 Å². The number of benzene rings is 2. The Hall–Kier alpha value is -3.80. The van der Waals surface area contributed by atoms with Gasteiger partial charge in [0.25, 0.3) is 0 Å². The quantitative estimate of drug-likeness (QED) is 0.572. The van der Waals surface area contributed by atoms with Crippen LogP contribution in [0.15, 0.2) is 61.2 Å². The van der Waals surface area contributed by atoms with Crippen molar-refractivity contribution < 1.29 is 4.79 Å². The van der Waals surface area contributed by atoms with Crippen LogP contribution in [0.4, 0.5) is 5.82 Å². The lowest BCUT2D eigenvalue weighted by atomic mass is 9.96. The molecule has 0 saturated heterocycles. The summed E-state index contributed by atoms with van der Waals surface area (Å²) in [5.74, 6) is 0.503. The normalized spacial score (nSPS) is 13.3. The van der Waals surface area contributed by atoms with Crippen LogP contribution in [0, 0.1) is 6.92 Å². The lowest BCUT2D eigenvalue weighted by Gasteiger charge is -2.31. The van der Waals surface area contributed by atoms with E-state index in [9.17, 15) is 4.79 Å². The van der Waals surface area contributed by atoms with Crippen LogP contribution in [0.1, 0.15) is 27.0 Å². The smallest absolute Gasteiger partial charge is 0.248 e. The standard InChI is InChI=1S/C24H21N5O/c1-15-9-19(18-3-2-7-26-12-18)11-21-22(15)27-14-28-24(21)29-8-6-16-4-5-17(23(25)30)10-20(16)13-29/h2-5,7,9-12,14H,6,8,13H2,1H3,(H2,25,30). The number of aryl methyl sites for hydroxylation is 1. The van der Waals surface area contributed by atoms with Crippen molar-refractivity contribution in [3.05, 3.63) is 83.4 Å². The SMILES string of the molecule is Cc1cc(-c2cccnc2)cc2c(N3CCc4ccc(C(N)=O)cc4C3)ncnc12. The fraction of sp³-hybridized carbons (Fsp3) is 0.167. The number of pyridine rings is 1. The van der Waals surface area contributed by atoms with Crippen LogP contribution in [0.25, 0.3) is 22.0 Å². The third-order valence-electron chi connectivity index (χ3n) is 5.71. The Morgan fingerprint density at radius 2 is 1.97 bits per heavy atom. The topological polar surface area (TPSA) is 85.0 Å². The summed E-state index contributed by atoms with van der Waals surface area (Å²) in [5.41, 5.74) is 12.6. The summed E-state index contributed by atoms with van der Waals surface area (Å²) in [6.07, 6.45) is 6.16. The second-order valence-corrected chi connectivity index (χ2v) is 7.65. The van der Waals surface area contributed by atoms with Gasteiger partial charge in [-0.2, -0.15) is 0 Å². The molecule has 1 amide bonds. The van der Waals surface area contributed by atoms with Gasteiger partial charge >= 0.3 is 0 Å². The van der Waals surface area contributed by atoms with Gasteiger partial charge in [-0.1, -0.05) is 12.1 Å². The molecule has 0 atom stereocenters. The maximum atomic E-state index is 11.6. The monoisotopic (exact) mass is 395 g/mol. The summed E-state index contributed by atoms with van der Waals surface area (Å²) >= 11 is 0. The van der Waals surface area contributed by atoms with Gasteiger partial charge < -0.3 is 10.6 Å². The van der Waals surface area contributed by atoms with Crippen molar-refractivity contribution in [2.75, 3.05) is 11.4 Å². The summed E-state index contributed by atoms with van der Waals surface area (Å²) in [6.45, 7) is 3.60. The number of carbonyl (C=O) groups is 1. The number of hydrogen-bond donors (Lipinski definition) is 1. The molecule has 0 radical (unpaired) electrons. The molecular weight excluding hydrogens is 374 g/mol. The largest absolute Gasteiger partial charge is 0.366 e. The molecule has 148 valence electrons. The highest BCUT2D eigenvalue weighted by atomic mass is 16.1.